The lowest BCUT2D eigenvalue weighted by atomic mass is 10.4. The zero-order valence-electron chi connectivity index (χ0n) is 11.0. The number of methoxy groups -OCH3 is 1. The van der Waals surface area contributed by atoms with Crippen LogP contribution in [0, 0.1) is 6.92 Å². The number of rotatable bonds is 4. The fourth-order valence-corrected chi connectivity index (χ4v) is 1.56. The quantitative estimate of drug-likeness (QED) is 0.840. The van der Waals surface area contributed by atoms with E-state index in [4.69, 9.17) is 0 Å². The van der Waals surface area contributed by atoms with E-state index < -0.39 is 5.97 Å². The highest BCUT2D eigenvalue weighted by Crippen LogP contribution is 2.14. The number of anilines is 2. The zero-order valence-corrected chi connectivity index (χ0v) is 11.0. The van der Waals surface area contributed by atoms with Gasteiger partial charge in [-0.3, -0.25) is 4.68 Å². The monoisotopic (exact) mass is 261 g/mol. The van der Waals surface area contributed by atoms with E-state index in [0.717, 1.165) is 12.2 Å². The number of aromatic nitrogens is 4. The van der Waals surface area contributed by atoms with Crippen LogP contribution in [0.25, 0.3) is 0 Å². The normalized spacial score (nSPS) is 10.3. The van der Waals surface area contributed by atoms with Crippen LogP contribution in [0.15, 0.2) is 18.5 Å². The van der Waals surface area contributed by atoms with Crippen molar-refractivity contribution in [3.8, 4) is 0 Å². The Morgan fingerprint density at radius 1 is 1.47 bits per heavy atom. The Balaban J connectivity index is 2.24. The number of carbonyl (C=O) groups excluding carboxylic acids is 1. The minimum Gasteiger partial charge on any atom is -0.463 e. The van der Waals surface area contributed by atoms with Gasteiger partial charge in [-0.05, 0) is 13.8 Å². The van der Waals surface area contributed by atoms with Crippen molar-refractivity contribution in [1.29, 1.82) is 0 Å². The van der Waals surface area contributed by atoms with E-state index in [9.17, 15) is 4.79 Å². The third-order valence-electron chi connectivity index (χ3n) is 2.45. The summed E-state index contributed by atoms with van der Waals surface area (Å²) < 4.78 is 6.40. The van der Waals surface area contributed by atoms with Gasteiger partial charge in [-0.1, -0.05) is 0 Å². The largest absolute Gasteiger partial charge is 0.463 e. The number of hydrogen-bond donors (Lipinski definition) is 1. The van der Waals surface area contributed by atoms with Gasteiger partial charge in [-0.2, -0.15) is 5.10 Å². The molecule has 0 amide bonds. The van der Waals surface area contributed by atoms with E-state index >= 15 is 0 Å². The summed E-state index contributed by atoms with van der Waals surface area (Å²) in [6.45, 7) is 4.58. The smallest absolute Gasteiger partial charge is 0.376 e. The molecule has 0 saturated heterocycles. The highest BCUT2D eigenvalue weighted by molar-refractivity contribution is 5.85. The Morgan fingerprint density at radius 2 is 2.26 bits per heavy atom. The lowest BCUT2D eigenvalue weighted by Gasteiger charge is -2.05. The molecule has 0 radical (unpaired) electrons. The molecule has 0 aliphatic heterocycles. The van der Waals surface area contributed by atoms with E-state index in [-0.39, 0.29) is 5.82 Å². The Bertz CT molecular complexity index is 594. The molecule has 2 aromatic rings. The van der Waals surface area contributed by atoms with Crippen molar-refractivity contribution in [3.63, 3.8) is 0 Å². The van der Waals surface area contributed by atoms with E-state index in [1.165, 1.54) is 7.11 Å². The summed E-state index contributed by atoms with van der Waals surface area (Å²) in [7, 11) is 1.30. The fraction of sp³-hybridized carbons (Fsp3) is 0.333. The predicted molar refractivity (Wildman–Crippen MR) is 69.3 cm³/mol. The van der Waals surface area contributed by atoms with Crippen LogP contribution in [-0.2, 0) is 11.3 Å². The van der Waals surface area contributed by atoms with Gasteiger partial charge in [0.2, 0.25) is 5.82 Å². The average Bonchev–Trinajstić information content (AvgIpc) is 2.84. The number of hydrogen-bond acceptors (Lipinski definition) is 6. The number of nitrogens with one attached hydrogen (secondary N) is 1. The predicted octanol–water partition coefficient (Wildman–Crippen LogP) is 1.53. The highest BCUT2D eigenvalue weighted by Gasteiger charge is 2.11. The molecule has 0 aromatic carbocycles. The summed E-state index contributed by atoms with van der Waals surface area (Å²) in [4.78, 5) is 19.6. The van der Waals surface area contributed by atoms with Crippen molar-refractivity contribution in [2.75, 3.05) is 12.4 Å². The Labute approximate surface area is 110 Å². The van der Waals surface area contributed by atoms with E-state index in [0.29, 0.717) is 11.5 Å². The van der Waals surface area contributed by atoms with Gasteiger partial charge in [-0.15, -0.1) is 0 Å². The van der Waals surface area contributed by atoms with Gasteiger partial charge < -0.3 is 10.1 Å². The molecule has 0 spiro atoms. The molecule has 7 heteroatoms. The van der Waals surface area contributed by atoms with Gasteiger partial charge in [0.05, 0.1) is 19.0 Å². The molecule has 0 saturated carbocycles. The Kier molecular flexibility index (Phi) is 3.74. The number of nitrogens with zero attached hydrogens (tertiary/aromatic N) is 4. The maximum absolute atomic E-state index is 11.4. The molecule has 0 aliphatic carbocycles. The first-order chi connectivity index (χ1) is 9.12. The first-order valence-electron chi connectivity index (χ1n) is 5.86. The third-order valence-corrected chi connectivity index (χ3v) is 2.45. The molecule has 2 rings (SSSR count). The molecule has 0 fully saturated rings. The molecule has 1 N–H and O–H groups in total. The molecule has 7 nitrogen and oxygen atoms in total. The highest BCUT2D eigenvalue weighted by atomic mass is 16.5. The maximum atomic E-state index is 11.4. The van der Waals surface area contributed by atoms with Crippen LogP contribution in [0.5, 0.6) is 0 Å². The molecule has 100 valence electrons. The molecule has 2 aromatic heterocycles. The van der Waals surface area contributed by atoms with Crippen LogP contribution >= 0.6 is 0 Å². The number of carbonyl (C=O) groups is 1. The zero-order chi connectivity index (χ0) is 13.8. The summed E-state index contributed by atoms with van der Waals surface area (Å²) in [6.07, 6.45) is 3.55. The summed E-state index contributed by atoms with van der Waals surface area (Å²) in [5.74, 6) is 0.00689. The van der Waals surface area contributed by atoms with Gasteiger partial charge in [-0.25, -0.2) is 14.8 Å². The lowest BCUT2D eigenvalue weighted by molar-refractivity contribution is 0.0586. The molecule has 2 heterocycles. The molecule has 0 unspecified atom stereocenters. The summed E-state index contributed by atoms with van der Waals surface area (Å²) in [6, 6.07) is 1.75. The van der Waals surface area contributed by atoms with Crippen LogP contribution in [0.1, 0.15) is 23.2 Å². The van der Waals surface area contributed by atoms with Gasteiger partial charge >= 0.3 is 5.97 Å². The number of ether oxygens (including phenoxy) is 1. The average molecular weight is 261 g/mol. The van der Waals surface area contributed by atoms with E-state index in [1.807, 2.05) is 13.1 Å². The number of aryl methyl sites for hydroxylation is 2. The third kappa shape index (κ3) is 3.06. The Morgan fingerprint density at radius 3 is 2.89 bits per heavy atom. The summed E-state index contributed by atoms with van der Waals surface area (Å²) >= 11 is 0. The second kappa shape index (κ2) is 5.47. The standard InChI is InChI=1S/C12H15N5O2/c1-4-17-7-9(6-13-17)15-10-5-8(2)14-11(16-10)12(18)19-3/h5-7H,4H2,1-3H3,(H,14,15,16). The van der Waals surface area contributed by atoms with Gasteiger partial charge in [0.1, 0.15) is 5.82 Å². The topological polar surface area (TPSA) is 81.9 Å². The first kappa shape index (κ1) is 13.0. The SMILES string of the molecule is CCn1cc(Nc2cc(C)nc(C(=O)OC)n2)cn1. The van der Waals surface area contributed by atoms with Crippen molar-refractivity contribution in [2.24, 2.45) is 0 Å². The van der Waals surface area contributed by atoms with Gasteiger partial charge in [0.25, 0.3) is 0 Å². The molecular weight excluding hydrogens is 246 g/mol. The minimum atomic E-state index is -0.559. The van der Waals surface area contributed by atoms with Crippen LogP contribution in [-0.4, -0.2) is 32.8 Å². The van der Waals surface area contributed by atoms with Crippen LogP contribution in [0.3, 0.4) is 0 Å². The van der Waals surface area contributed by atoms with E-state index in [1.54, 1.807) is 23.9 Å². The van der Waals surface area contributed by atoms with E-state index in [2.05, 4.69) is 25.1 Å². The van der Waals surface area contributed by atoms with Crippen LogP contribution in [0.2, 0.25) is 0 Å². The molecule has 0 bridgehead atoms. The summed E-state index contributed by atoms with van der Waals surface area (Å²) in [5.41, 5.74) is 1.48. The molecule has 0 atom stereocenters. The molecule has 19 heavy (non-hydrogen) atoms. The van der Waals surface area contributed by atoms with Gasteiger partial charge in [0, 0.05) is 24.5 Å². The van der Waals surface area contributed by atoms with Crippen molar-refractivity contribution in [2.45, 2.75) is 20.4 Å². The van der Waals surface area contributed by atoms with Crippen LogP contribution in [0.4, 0.5) is 11.5 Å². The van der Waals surface area contributed by atoms with Crippen LogP contribution < -0.4 is 5.32 Å². The second-order valence-corrected chi connectivity index (χ2v) is 3.92. The number of esters is 1. The molecular formula is C12H15N5O2. The minimum absolute atomic E-state index is 0.0351. The molecule has 0 aliphatic rings. The van der Waals surface area contributed by atoms with Crippen molar-refractivity contribution in [3.05, 3.63) is 30.0 Å². The second-order valence-electron chi connectivity index (χ2n) is 3.92. The Hall–Kier alpha value is -2.44. The van der Waals surface area contributed by atoms with Crippen molar-refractivity contribution in [1.82, 2.24) is 19.7 Å². The maximum Gasteiger partial charge on any atom is 0.376 e. The fourth-order valence-electron chi connectivity index (χ4n) is 1.56. The van der Waals surface area contributed by atoms with Crippen molar-refractivity contribution >= 4 is 17.5 Å². The van der Waals surface area contributed by atoms with Crippen molar-refractivity contribution < 1.29 is 9.53 Å². The van der Waals surface area contributed by atoms with Gasteiger partial charge in [0.15, 0.2) is 0 Å². The summed E-state index contributed by atoms with van der Waals surface area (Å²) in [5, 5.41) is 7.22. The first-order valence-corrected chi connectivity index (χ1v) is 5.86. The lowest BCUT2D eigenvalue weighted by Crippen LogP contribution is -2.09.